The Labute approximate surface area is 485 Å². The molecule has 0 spiro atoms. The zero-order chi connectivity index (χ0) is 63.2. The lowest BCUT2D eigenvalue weighted by molar-refractivity contribution is -0.212. The number of alkyl halides is 6. The van der Waals surface area contributed by atoms with Crippen molar-refractivity contribution in [3.05, 3.63) is 178 Å². The first-order valence-electron chi connectivity index (χ1n) is 27.4. The second-order valence-corrected chi connectivity index (χ2v) is 25.5. The van der Waals surface area contributed by atoms with Crippen molar-refractivity contribution >= 4 is 0 Å². The Bertz CT molecular complexity index is 2640. The highest BCUT2D eigenvalue weighted by Gasteiger charge is 2.48. The minimum atomic E-state index is -4.20. The van der Waals surface area contributed by atoms with Gasteiger partial charge < -0.3 is 35.3 Å². The van der Waals surface area contributed by atoms with E-state index < -0.39 is 23.2 Å². The molecule has 460 valence electrons. The van der Waals surface area contributed by atoms with Crippen molar-refractivity contribution in [3.8, 4) is 0 Å². The summed E-state index contributed by atoms with van der Waals surface area (Å²) in [5.41, 5.74) is -2.55. The molecule has 0 radical (unpaired) electrons. The number of nitrogens with zero attached hydrogens (tertiary/aromatic N) is 2. The summed E-state index contributed by atoms with van der Waals surface area (Å²) in [6.45, 7) is 45.2. The molecule has 82 heavy (non-hydrogen) atoms. The van der Waals surface area contributed by atoms with Crippen LogP contribution in [-0.4, -0.2) is 22.3 Å². The van der Waals surface area contributed by atoms with E-state index in [-0.39, 0.29) is 18.3 Å². The van der Waals surface area contributed by atoms with Gasteiger partial charge in [-0.2, -0.15) is 26.3 Å². The van der Waals surface area contributed by atoms with Crippen molar-refractivity contribution in [2.24, 2.45) is 27.1 Å². The van der Waals surface area contributed by atoms with Crippen LogP contribution in [0.2, 0.25) is 0 Å². The molecule has 8 rings (SSSR count). The number of furan rings is 6. The van der Waals surface area contributed by atoms with Gasteiger partial charge >= 0.3 is 12.4 Å². The third-order valence-electron chi connectivity index (χ3n) is 11.2. The second-order valence-electron chi connectivity index (χ2n) is 25.5. The van der Waals surface area contributed by atoms with Gasteiger partial charge in [-0.25, -0.2) is 9.97 Å². The third kappa shape index (κ3) is 33.0. The number of oxazole rings is 2. The average molecular weight is 1160 g/mol. The molecule has 0 aliphatic carbocycles. The predicted octanol–water partition coefficient (Wildman–Crippen LogP) is 21.4. The summed E-state index contributed by atoms with van der Waals surface area (Å²) in [4.78, 5) is 7.88. The van der Waals surface area contributed by atoms with Crippen molar-refractivity contribution in [2.45, 2.75) is 211 Å². The molecule has 0 saturated heterocycles. The smallest absolute Gasteiger partial charge is 0.394 e. The first kappa shape index (κ1) is 73.7. The van der Waals surface area contributed by atoms with Crippen molar-refractivity contribution in [2.75, 3.05) is 0 Å². The van der Waals surface area contributed by atoms with E-state index in [9.17, 15) is 26.3 Å². The van der Waals surface area contributed by atoms with Gasteiger partial charge in [-0.1, -0.05) is 90.0 Å². The number of aromatic nitrogens is 2. The van der Waals surface area contributed by atoms with Crippen LogP contribution in [0.5, 0.6) is 0 Å². The third-order valence-corrected chi connectivity index (χ3v) is 11.2. The van der Waals surface area contributed by atoms with Crippen molar-refractivity contribution in [3.63, 3.8) is 0 Å². The molecule has 0 amide bonds. The number of hydrogen-bond donors (Lipinski definition) is 0. The van der Waals surface area contributed by atoms with Crippen LogP contribution in [0.15, 0.2) is 121 Å². The van der Waals surface area contributed by atoms with Crippen molar-refractivity contribution in [1.82, 2.24) is 9.97 Å². The van der Waals surface area contributed by atoms with Gasteiger partial charge in [-0.05, 0) is 151 Å². The predicted molar refractivity (Wildman–Crippen MR) is 314 cm³/mol. The quantitative estimate of drug-likeness (QED) is 0.142. The number of rotatable bonds is 7. The highest BCUT2D eigenvalue weighted by atomic mass is 19.4. The lowest BCUT2D eigenvalue weighted by atomic mass is 9.87. The first-order chi connectivity index (χ1) is 37.2. The summed E-state index contributed by atoms with van der Waals surface area (Å²) in [7, 11) is 0. The standard InChI is InChI=1S/2C10H13F3O.2C10H16O.C9H15NO.2C6H8O.C5H7NO/c2*1-7-4-5-8(14-7)6-9(2,3)10(11,12)13;2*1-8-5-6-9(11-8)7-10(2,3)4;1-7-10-6-8(11-7)5-9(2,3)4;2*1-5-3-4-6(2)7-5;1-4-3-6-5(2)7-4/h2*4-5H,6H2,1-3H3;2*5-6H,7H2,1-4H3;6H,5H2,1-4H3;2*3-4H,1-2H3;3H,1-2H3. The zero-order valence-corrected chi connectivity index (χ0v) is 53.5. The molecule has 0 saturated carbocycles. The summed E-state index contributed by atoms with van der Waals surface area (Å²) in [5, 5.41) is 0. The summed E-state index contributed by atoms with van der Waals surface area (Å²) in [5.74, 6) is 13.5. The minimum absolute atomic E-state index is 0.121. The van der Waals surface area contributed by atoms with E-state index in [1.165, 1.54) is 27.7 Å². The highest BCUT2D eigenvalue weighted by Crippen LogP contribution is 2.41. The molecule has 0 aliphatic rings. The Hall–Kier alpha value is -6.32. The van der Waals surface area contributed by atoms with Crippen molar-refractivity contribution in [1.29, 1.82) is 0 Å². The SMILES string of the molecule is Cc1ccc(C)o1.Cc1ccc(C)o1.Cc1ccc(CC(C)(C)C(F)(F)F)o1.Cc1ccc(CC(C)(C)C(F)(F)F)o1.Cc1ccc(CC(C)(C)C)o1.Cc1ccc(CC(C)(C)C)o1.Cc1cnc(C)o1.Cc1ncc(CC(C)(C)C)o1. The summed E-state index contributed by atoms with van der Waals surface area (Å²) < 4.78 is 117. The van der Waals surface area contributed by atoms with Gasteiger partial charge in [0.25, 0.3) is 0 Å². The van der Waals surface area contributed by atoms with Gasteiger partial charge in [0.1, 0.15) is 80.6 Å². The molecule has 8 aromatic heterocycles. The van der Waals surface area contributed by atoms with E-state index in [4.69, 9.17) is 35.3 Å². The topological polar surface area (TPSA) is 131 Å². The van der Waals surface area contributed by atoms with Crippen molar-refractivity contribution < 1.29 is 61.7 Å². The van der Waals surface area contributed by atoms with E-state index in [0.717, 1.165) is 88.6 Å². The number of halogens is 6. The molecule has 8 aromatic rings. The lowest BCUT2D eigenvalue weighted by Crippen LogP contribution is -2.33. The van der Waals surface area contributed by atoms with Gasteiger partial charge in [0.05, 0.1) is 23.2 Å². The molecule has 0 aliphatic heterocycles. The molecule has 0 N–H and O–H groups in total. The number of aryl methyl sites for hydroxylation is 11. The molecule has 0 fully saturated rings. The summed E-state index contributed by atoms with van der Waals surface area (Å²) in [6.07, 6.45) is -2.15. The Morgan fingerprint density at radius 3 is 0.659 bits per heavy atom. The zero-order valence-electron chi connectivity index (χ0n) is 53.5. The summed E-state index contributed by atoms with van der Waals surface area (Å²) >= 11 is 0. The van der Waals surface area contributed by atoms with Gasteiger partial charge in [-0.3, -0.25) is 0 Å². The maximum atomic E-state index is 12.5. The molecule has 10 nitrogen and oxygen atoms in total. The van der Waals surface area contributed by atoms with Crippen LogP contribution in [0.3, 0.4) is 0 Å². The Morgan fingerprint density at radius 2 is 0.500 bits per heavy atom. The maximum absolute atomic E-state index is 12.5. The Balaban J connectivity index is 0.000000474. The molecule has 16 heteroatoms. The maximum Gasteiger partial charge on any atom is 0.394 e. The lowest BCUT2D eigenvalue weighted by Gasteiger charge is -2.26. The monoisotopic (exact) mass is 1160 g/mol. The molecular formula is C66H96F6N2O8. The van der Waals surface area contributed by atoms with Crippen LogP contribution in [0.25, 0.3) is 0 Å². The van der Waals surface area contributed by atoms with E-state index in [1.54, 1.807) is 50.5 Å². The van der Waals surface area contributed by atoms with Crippen LogP contribution in [0, 0.1) is 103 Å². The van der Waals surface area contributed by atoms with Crippen LogP contribution >= 0.6 is 0 Å². The fourth-order valence-electron chi connectivity index (χ4n) is 7.03. The fraction of sp³-hybridized carbons (Fsp3) is 0.545. The molecule has 0 atom stereocenters. The minimum Gasteiger partial charge on any atom is -0.467 e. The van der Waals surface area contributed by atoms with Crippen LogP contribution in [-0.2, 0) is 32.1 Å². The van der Waals surface area contributed by atoms with E-state index in [1.807, 2.05) is 98.7 Å². The normalized spacial score (nSPS) is 11.8. The van der Waals surface area contributed by atoms with E-state index in [0.29, 0.717) is 33.9 Å². The van der Waals surface area contributed by atoms with E-state index in [2.05, 4.69) is 84.4 Å². The fourth-order valence-corrected chi connectivity index (χ4v) is 7.03. The Morgan fingerprint density at radius 1 is 0.268 bits per heavy atom. The second kappa shape index (κ2) is 31.9. The molecule has 8 heterocycles. The number of hydrogen-bond acceptors (Lipinski definition) is 10. The van der Waals surface area contributed by atoms with Gasteiger partial charge in [0.2, 0.25) is 0 Å². The Kier molecular flexibility index (Phi) is 28.7. The average Bonchev–Trinajstić information content (AvgIpc) is 4.20. The van der Waals surface area contributed by atoms with Crippen LogP contribution in [0.4, 0.5) is 26.3 Å². The van der Waals surface area contributed by atoms with Gasteiger partial charge in [0.15, 0.2) is 11.8 Å². The van der Waals surface area contributed by atoms with Crippen LogP contribution in [0.1, 0.15) is 182 Å². The van der Waals surface area contributed by atoms with Crippen LogP contribution < -0.4 is 0 Å². The largest absolute Gasteiger partial charge is 0.467 e. The van der Waals surface area contributed by atoms with E-state index >= 15 is 0 Å². The molecule has 0 aromatic carbocycles. The highest BCUT2D eigenvalue weighted by molar-refractivity contribution is 5.11. The van der Waals surface area contributed by atoms with Gasteiger partial charge in [0, 0.05) is 46.0 Å². The molecular weight excluding hydrogens is 1060 g/mol. The molecule has 0 bridgehead atoms. The van der Waals surface area contributed by atoms with Gasteiger partial charge in [-0.15, -0.1) is 0 Å². The first-order valence-corrected chi connectivity index (χ1v) is 27.4. The molecule has 0 unspecified atom stereocenters. The summed E-state index contributed by atoms with van der Waals surface area (Å²) in [6, 6.07) is 22.5.